The number of benzene rings is 1. The zero-order valence-electron chi connectivity index (χ0n) is 12.6. The molecule has 0 radical (unpaired) electrons. The van der Waals surface area contributed by atoms with Crippen molar-refractivity contribution < 1.29 is 9.53 Å². The summed E-state index contributed by atoms with van der Waals surface area (Å²) in [6, 6.07) is 5.43. The second-order valence-corrected chi connectivity index (χ2v) is 7.90. The lowest BCUT2D eigenvalue weighted by Gasteiger charge is -2.56. The van der Waals surface area contributed by atoms with E-state index < -0.39 is 5.72 Å². The molecule has 4 aliphatic rings. The van der Waals surface area contributed by atoms with Crippen LogP contribution in [0.25, 0.3) is 10.2 Å². The quantitative estimate of drug-likeness (QED) is 0.887. The molecule has 7 heteroatoms. The Labute approximate surface area is 137 Å². The van der Waals surface area contributed by atoms with Crippen LogP contribution in [0.4, 0.5) is 10.5 Å². The van der Waals surface area contributed by atoms with E-state index in [1.807, 2.05) is 18.2 Å². The van der Waals surface area contributed by atoms with Crippen LogP contribution in [0.3, 0.4) is 0 Å². The van der Waals surface area contributed by atoms with Gasteiger partial charge in [-0.3, -0.25) is 0 Å². The van der Waals surface area contributed by atoms with Gasteiger partial charge in [-0.25, -0.2) is 4.79 Å². The van der Waals surface area contributed by atoms with Crippen molar-refractivity contribution in [2.24, 2.45) is 11.8 Å². The molecule has 6 rings (SSSR count). The molecule has 2 unspecified atom stereocenters. The number of fused-ring (bicyclic) bond motifs is 1. The third-order valence-corrected chi connectivity index (χ3v) is 6.02. The van der Waals surface area contributed by atoms with Crippen molar-refractivity contribution in [3.63, 3.8) is 0 Å². The maximum Gasteiger partial charge on any atom is 0.321 e. The molecule has 1 aromatic heterocycles. The Kier molecular flexibility index (Phi) is 2.90. The van der Waals surface area contributed by atoms with Gasteiger partial charge in [0, 0.05) is 5.69 Å². The van der Waals surface area contributed by atoms with Gasteiger partial charge in [0.05, 0.1) is 10.8 Å². The molecule has 2 aromatic rings. The summed E-state index contributed by atoms with van der Waals surface area (Å²) in [6.07, 6.45) is 5.87. The smallest absolute Gasteiger partial charge is 0.321 e. The molecule has 0 spiro atoms. The maximum absolute atomic E-state index is 12.4. The second-order valence-electron chi connectivity index (χ2n) is 7.12. The number of nitrogens with zero attached hydrogens (tertiary/aromatic N) is 2. The number of rotatable bonds is 2. The molecule has 3 heterocycles. The Bertz CT molecular complexity index is 739. The van der Waals surface area contributed by atoms with Crippen LogP contribution in [0.5, 0.6) is 0 Å². The van der Waals surface area contributed by atoms with E-state index in [1.165, 1.54) is 18.0 Å². The molecule has 2 saturated heterocycles. The number of nitrogens with one attached hydrogen (secondary N) is 2. The lowest BCUT2D eigenvalue weighted by atomic mass is 9.65. The van der Waals surface area contributed by atoms with Crippen LogP contribution in [-0.4, -0.2) is 27.4 Å². The van der Waals surface area contributed by atoms with E-state index in [0.717, 1.165) is 41.6 Å². The van der Waals surface area contributed by atoms with Crippen LogP contribution in [-0.2, 0) is 4.74 Å². The van der Waals surface area contributed by atoms with Gasteiger partial charge in [0.1, 0.15) is 11.2 Å². The van der Waals surface area contributed by atoms with Crippen molar-refractivity contribution in [3.8, 4) is 0 Å². The summed E-state index contributed by atoms with van der Waals surface area (Å²) in [4.78, 5) is 12.4. The summed E-state index contributed by atoms with van der Waals surface area (Å²) >= 11 is 1.33. The highest BCUT2D eigenvalue weighted by molar-refractivity contribution is 7.12. The van der Waals surface area contributed by atoms with E-state index in [2.05, 4.69) is 20.2 Å². The van der Waals surface area contributed by atoms with Gasteiger partial charge < -0.3 is 15.4 Å². The number of amides is 2. The fraction of sp³-hybridized carbons (Fsp3) is 0.562. The van der Waals surface area contributed by atoms with Gasteiger partial charge >= 0.3 is 6.03 Å². The third kappa shape index (κ3) is 2.38. The lowest BCUT2D eigenvalue weighted by Crippen LogP contribution is -2.63. The Balaban J connectivity index is 1.31. The Morgan fingerprint density at radius 1 is 1.26 bits per heavy atom. The van der Waals surface area contributed by atoms with Gasteiger partial charge in [-0.2, -0.15) is 0 Å². The first kappa shape index (κ1) is 13.7. The molecule has 4 fully saturated rings. The van der Waals surface area contributed by atoms with Gasteiger partial charge in [0.2, 0.25) is 0 Å². The van der Waals surface area contributed by atoms with E-state index >= 15 is 0 Å². The summed E-state index contributed by atoms with van der Waals surface area (Å²) in [7, 11) is 0. The molecule has 1 aromatic carbocycles. The minimum absolute atomic E-state index is 0.191. The number of carbonyl (C=O) groups excluding carboxylic acids is 1. The number of urea groups is 1. The first-order valence-electron chi connectivity index (χ1n) is 8.17. The first-order valence-corrected chi connectivity index (χ1v) is 8.94. The lowest BCUT2D eigenvalue weighted by molar-refractivity contribution is -0.227. The van der Waals surface area contributed by atoms with Crippen LogP contribution in [0.1, 0.15) is 32.1 Å². The van der Waals surface area contributed by atoms with Gasteiger partial charge in [0.25, 0.3) is 0 Å². The summed E-state index contributed by atoms with van der Waals surface area (Å²) in [6.45, 7) is 0. The molecule has 2 aliphatic carbocycles. The summed E-state index contributed by atoms with van der Waals surface area (Å²) in [5.41, 5.74) is 1.16. The fourth-order valence-electron chi connectivity index (χ4n) is 4.72. The minimum Gasteiger partial charge on any atom is -0.352 e. The topological polar surface area (TPSA) is 76.1 Å². The summed E-state index contributed by atoms with van der Waals surface area (Å²) in [5.74, 6) is 1.42. The van der Waals surface area contributed by atoms with E-state index in [1.54, 1.807) is 0 Å². The van der Waals surface area contributed by atoms with Crippen molar-refractivity contribution in [1.29, 1.82) is 0 Å². The molecule has 2 amide bonds. The number of hydrogen-bond donors (Lipinski definition) is 2. The van der Waals surface area contributed by atoms with Crippen LogP contribution in [0, 0.1) is 11.8 Å². The minimum atomic E-state index is -0.449. The predicted molar refractivity (Wildman–Crippen MR) is 87.2 cm³/mol. The Morgan fingerprint density at radius 2 is 2.09 bits per heavy atom. The highest BCUT2D eigenvalue weighted by Crippen LogP contribution is 2.51. The van der Waals surface area contributed by atoms with Gasteiger partial charge in [-0.1, -0.05) is 4.49 Å². The number of hydrogen-bond acceptors (Lipinski definition) is 5. The average molecular weight is 330 g/mol. The van der Waals surface area contributed by atoms with Crippen molar-refractivity contribution in [2.45, 2.75) is 43.9 Å². The number of anilines is 1. The molecular weight excluding hydrogens is 312 g/mol. The zero-order chi connectivity index (χ0) is 15.4. The van der Waals surface area contributed by atoms with E-state index in [-0.39, 0.29) is 6.03 Å². The number of aromatic nitrogens is 2. The van der Waals surface area contributed by atoms with Crippen molar-refractivity contribution in [3.05, 3.63) is 18.2 Å². The molecule has 2 atom stereocenters. The van der Waals surface area contributed by atoms with Gasteiger partial charge in [-0.05, 0) is 73.7 Å². The molecule has 2 aliphatic heterocycles. The van der Waals surface area contributed by atoms with Crippen LogP contribution in [0.2, 0.25) is 0 Å². The fourth-order valence-corrected chi connectivity index (χ4v) is 5.32. The second kappa shape index (κ2) is 4.88. The largest absolute Gasteiger partial charge is 0.352 e. The van der Waals surface area contributed by atoms with Crippen molar-refractivity contribution in [1.82, 2.24) is 14.9 Å². The molecule has 6 nitrogen and oxygen atoms in total. The molecule has 23 heavy (non-hydrogen) atoms. The monoisotopic (exact) mass is 330 g/mol. The average Bonchev–Trinajstić information content (AvgIpc) is 2.92. The van der Waals surface area contributed by atoms with E-state index in [0.29, 0.717) is 17.9 Å². The molecule has 4 bridgehead atoms. The SMILES string of the molecule is O=C(Nc1ccc2nnsc2c1)NC12CC3CC(CC(C3)O1)C2. The Hall–Kier alpha value is -1.73. The normalized spacial score (nSPS) is 34.7. The number of ether oxygens (including phenoxy) is 1. The zero-order valence-corrected chi connectivity index (χ0v) is 13.4. The molecule has 2 saturated carbocycles. The van der Waals surface area contributed by atoms with Gasteiger partial charge in [-0.15, -0.1) is 5.10 Å². The molecule has 2 N–H and O–H groups in total. The highest BCUT2D eigenvalue weighted by atomic mass is 32.1. The molecule has 120 valence electrons. The maximum atomic E-state index is 12.4. The third-order valence-electron chi connectivity index (χ3n) is 5.33. The van der Waals surface area contributed by atoms with Crippen molar-refractivity contribution >= 4 is 33.5 Å². The predicted octanol–water partition coefficient (Wildman–Crippen LogP) is 3.12. The van der Waals surface area contributed by atoms with E-state index in [4.69, 9.17) is 4.74 Å². The summed E-state index contributed by atoms with van der Waals surface area (Å²) in [5, 5.41) is 10.0. The summed E-state index contributed by atoms with van der Waals surface area (Å²) < 4.78 is 11.1. The number of carbonyl (C=O) groups is 1. The molecular formula is C16H18N4O2S. The Morgan fingerprint density at radius 3 is 2.87 bits per heavy atom. The van der Waals surface area contributed by atoms with Crippen LogP contribution >= 0.6 is 11.5 Å². The first-order chi connectivity index (χ1) is 11.2. The van der Waals surface area contributed by atoms with Crippen LogP contribution < -0.4 is 10.6 Å². The standard InChI is InChI=1S/C16H18N4O2S/c21-15(17-11-1-2-13-14(6-11)23-20-19-13)18-16-7-9-3-10(8-16)5-12(4-9)22-16/h1-2,6,9-10,12H,3-5,7-8H2,(H2,17,18,21). The highest BCUT2D eigenvalue weighted by Gasteiger charge is 2.52. The van der Waals surface area contributed by atoms with Crippen LogP contribution in [0.15, 0.2) is 18.2 Å². The van der Waals surface area contributed by atoms with Gasteiger partial charge in [0.15, 0.2) is 0 Å². The van der Waals surface area contributed by atoms with Crippen molar-refractivity contribution in [2.75, 3.05) is 5.32 Å². The van der Waals surface area contributed by atoms with E-state index in [9.17, 15) is 4.79 Å².